The molecule has 0 N–H and O–H groups in total. The number of carbonyl (C=O) groups excluding carboxylic acids is 1. The van der Waals surface area contributed by atoms with Gasteiger partial charge in [0.15, 0.2) is 0 Å². The fourth-order valence-corrected chi connectivity index (χ4v) is 2.69. The van der Waals surface area contributed by atoms with Gasteiger partial charge in [-0.2, -0.15) is 5.26 Å². The minimum atomic E-state index is -0.440. The normalized spacial score (nSPS) is 20.1. The molecule has 0 saturated heterocycles. The van der Waals surface area contributed by atoms with Gasteiger partial charge in [-0.15, -0.1) is 0 Å². The minimum Gasteiger partial charge on any atom is -0.493 e. The highest BCUT2D eigenvalue weighted by Crippen LogP contribution is 2.41. The summed E-state index contributed by atoms with van der Waals surface area (Å²) in [5.74, 6) is 1.17. The fourth-order valence-electron chi connectivity index (χ4n) is 2.69. The van der Waals surface area contributed by atoms with Crippen LogP contribution in [0.2, 0.25) is 0 Å². The standard InChI is InChI=1S/C14H13NO2/c15-9-14(7-12(16)8-14)6-10-1-2-13-11(5-10)3-4-17-13/h1-2,5H,3-4,6-8H2. The van der Waals surface area contributed by atoms with E-state index in [-0.39, 0.29) is 5.78 Å². The van der Waals surface area contributed by atoms with Crippen LogP contribution in [-0.4, -0.2) is 12.4 Å². The van der Waals surface area contributed by atoms with E-state index in [4.69, 9.17) is 4.74 Å². The molecular formula is C14H13NO2. The number of fused-ring (bicyclic) bond motifs is 1. The lowest BCUT2D eigenvalue weighted by molar-refractivity contribution is -0.129. The summed E-state index contributed by atoms with van der Waals surface area (Å²) >= 11 is 0. The van der Waals surface area contributed by atoms with Gasteiger partial charge in [0.1, 0.15) is 11.5 Å². The smallest absolute Gasteiger partial charge is 0.136 e. The van der Waals surface area contributed by atoms with Crippen LogP contribution in [0.4, 0.5) is 0 Å². The fraction of sp³-hybridized carbons (Fsp3) is 0.429. The highest BCUT2D eigenvalue weighted by molar-refractivity contribution is 5.87. The van der Waals surface area contributed by atoms with Gasteiger partial charge in [0.25, 0.3) is 0 Å². The molecular weight excluding hydrogens is 214 g/mol. The monoisotopic (exact) mass is 227 g/mol. The van der Waals surface area contributed by atoms with Gasteiger partial charge < -0.3 is 4.74 Å². The summed E-state index contributed by atoms with van der Waals surface area (Å²) in [5, 5.41) is 9.18. The van der Waals surface area contributed by atoms with Gasteiger partial charge in [-0.1, -0.05) is 12.1 Å². The number of ketones is 1. The third-order valence-electron chi connectivity index (χ3n) is 3.60. The minimum absolute atomic E-state index is 0.205. The summed E-state index contributed by atoms with van der Waals surface area (Å²) in [5.41, 5.74) is 1.93. The first kappa shape index (κ1) is 10.3. The highest BCUT2D eigenvalue weighted by Gasteiger charge is 2.43. The van der Waals surface area contributed by atoms with Crippen LogP contribution in [0.1, 0.15) is 24.0 Å². The molecule has 3 nitrogen and oxygen atoms in total. The van der Waals surface area contributed by atoms with Crippen LogP contribution in [0.3, 0.4) is 0 Å². The molecule has 0 bridgehead atoms. The molecule has 86 valence electrons. The van der Waals surface area contributed by atoms with E-state index in [2.05, 4.69) is 12.1 Å². The zero-order valence-electron chi connectivity index (χ0n) is 9.53. The number of carbonyl (C=O) groups is 1. The van der Waals surface area contributed by atoms with Crippen molar-refractivity contribution in [1.82, 2.24) is 0 Å². The van der Waals surface area contributed by atoms with Crippen LogP contribution in [0.25, 0.3) is 0 Å². The molecule has 1 fully saturated rings. The topological polar surface area (TPSA) is 50.1 Å². The summed E-state index contributed by atoms with van der Waals surface area (Å²) in [6, 6.07) is 8.41. The van der Waals surface area contributed by atoms with Crippen molar-refractivity contribution < 1.29 is 9.53 Å². The Morgan fingerprint density at radius 1 is 1.41 bits per heavy atom. The third kappa shape index (κ3) is 1.70. The van der Waals surface area contributed by atoms with Crippen LogP contribution in [-0.2, 0) is 17.6 Å². The number of nitriles is 1. The number of hydrogen-bond acceptors (Lipinski definition) is 3. The number of nitrogens with zero attached hydrogens (tertiary/aromatic N) is 1. The molecule has 0 atom stereocenters. The molecule has 17 heavy (non-hydrogen) atoms. The van der Waals surface area contributed by atoms with E-state index < -0.39 is 5.41 Å². The Hall–Kier alpha value is -1.82. The summed E-state index contributed by atoms with van der Waals surface area (Å²) in [7, 11) is 0. The number of rotatable bonds is 2. The Kier molecular flexibility index (Phi) is 2.19. The lowest BCUT2D eigenvalue weighted by atomic mass is 9.65. The maximum atomic E-state index is 11.1. The Morgan fingerprint density at radius 3 is 2.94 bits per heavy atom. The van der Waals surface area contributed by atoms with E-state index in [0.717, 1.165) is 24.3 Å². The molecule has 1 aliphatic heterocycles. The van der Waals surface area contributed by atoms with Crippen molar-refractivity contribution in [3.63, 3.8) is 0 Å². The maximum absolute atomic E-state index is 11.1. The Bertz CT molecular complexity index is 520. The van der Waals surface area contributed by atoms with Crippen molar-refractivity contribution >= 4 is 5.78 Å². The highest BCUT2D eigenvalue weighted by atomic mass is 16.5. The molecule has 1 heterocycles. The largest absolute Gasteiger partial charge is 0.493 e. The molecule has 3 rings (SSSR count). The summed E-state index contributed by atoms with van der Waals surface area (Å²) < 4.78 is 5.45. The van der Waals surface area contributed by atoms with Gasteiger partial charge in [-0.05, 0) is 23.6 Å². The van der Waals surface area contributed by atoms with E-state index in [1.807, 2.05) is 12.1 Å². The molecule has 0 aromatic heterocycles. The van der Waals surface area contributed by atoms with Crippen molar-refractivity contribution in [1.29, 1.82) is 5.26 Å². The molecule has 1 aliphatic carbocycles. The predicted octanol–water partition coefficient (Wildman–Crippen LogP) is 2.04. The molecule has 3 heteroatoms. The first-order chi connectivity index (χ1) is 8.21. The SMILES string of the molecule is N#CC1(Cc2ccc3c(c2)CCO3)CC(=O)C1. The van der Waals surface area contributed by atoms with Crippen LogP contribution in [0.15, 0.2) is 18.2 Å². The van der Waals surface area contributed by atoms with Crippen molar-refractivity contribution in [2.45, 2.75) is 25.7 Å². The molecule has 2 aliphatic rings. The lowest BCUT2D eigenvalue weighted by Crippen LogP contribution is -2.38. The summed E-state index contributed by atoms with van der Waals surface area (Å²) in [6.07, 6.45) is 2.46. The summed E-state index contributed by atoms with van der Waals surface area (Å²) in [6.45, 7) is 0.751. The predicted molar refractivity (Wildman–Crippen MR) is 61.6 cm³/mol. The molecule has 1 aromatic carbocycles. The van der Waals surface area contributed by atoms with Gasteiger partial charge >= 0.3 is 0 Å². The average molecular weight is 227 g/mol. The number of ether oxygens (including phenoxy) is 1. The van der Waals surface area contributed by atoms with Crippen LogP contribution in [0, 0.1) is 16.7 Å². The first-order valence-electron chi connectivity index (χ1n) is 5.88. The van der Waals surface area contributed by atoms with Gasteiger partial charge in [-0.3, -0.25) is 4.79 Å². The maximum Gasteiger partial charge on any atom is 0.136 e. The van der Waals surface area contributed by atoms with Gasteiger partial charge in [0.2, 0.25) is 0 Å². The average Bonchev–Trinajstić information content (AvgIpc) is 2.73. The van der Waals surface area contributed by atoms with E-state index in [9.17, 15) is 10.1 Å². The van der Waals surface area contributed by atoms with Crippen LogP contribution < -0.4 is 4.74 Å². The van der Waals surface area contributed by atoms with Crippen molar-refractivity contribution in [2.75, 3.05) is 6.61 Å². The van der Waals surface area contributed by atoms with E-state index in [1.54, 1.807) is 0 Å². The Balaban J connectivity index is 1.82. The second-order valence-corrected chi connectivity index (χ2v) is 5.00. The zero-order valence-corrected chi connectivity index (χ0v) is 9.53. The van der Waals surface area contributed by atoms with Crippen LogP contribution in [0.5, 0.6) is 5.75 Å². The number of Topliss-reactive ketones (excluding diaryl/α,β-unsaturated/α-hetero) is 1. The zero-order chi connectivity index (χ0) is 11.9. The quantitative estimate of drug-likeness (QED) is 0.776. The second-order valence-electron chi connectivity index (χ2n) is 5.00. The Labute approximate surface area is 100 Å². The molecule has 1 saturated carbocycles. The molecule has 0 amide bonds. The third-order valence-corrected chi connectivity index (χ3v) is 3.60. The van der Waals surface area contributed by atoms with Crippen molar-refractivity contribution in [3.8, 4) is 11.8 Å². The van der Waals surface area contributed by atoms with Crippen LogP contribution >= 0.6 is 0 Å². The van der Waals surface area contributed by atoms with Gasteiger partial charge in [0, 0.05) is 19.3 Å². The van der Waals surface area contributed by atoms with Gasteiger partial charge in [-0.25, -0.2) is 0 Å². The van der Waals surface area contributed by atoms with Crippen molar-refractivity contribution in [2.24, 2.45) is 5.41 Å². The Morgan fingerprint density at radius 2 is 2.24 bits per heavy atom. The first-order valence-corrected chi connectivity index (χ1v) is 5.88. The van der Waals surface area contributed by atoms with E-state index in [1.165, 1.54) is 5.56 Å². The van der Waals surface area contributed by atoms with Crippen molar-refractivity contribution in [3.05, 3.63) is 29.3 Å². The molecule has 1 aromatic rings. The second kappa shape index (κ2) is 3.59. The van der Waals surface area contributed by atoms with E-state index in [0.29, 0.717) is 19.3 Å². The lowest BCUT2D eigenvalue weighted by Gasteiger charge is -2.33. The number of hydrogen-bond donors (Lipinski definition) is 0. The van der Waals surface area contributed by atoms with E-state index >= 15 is 0 Å². The molecule has 0 spiro atoms. The molecule has 0 unspecified atom stereocenters. The van der Waals surface area contributed by atoms with Gasteiger partial charge in [0.05, 0.1) is 18.1 Å². The number of benzene rings is 1. The summed E-state index contributed by atoms with van der Waals surface area (Å²) in [4.78, 5) is 11.1. The molecule has 0 radical (unpaired) electrons.